The third-order valence-electron chi connectivity index (χ3n) is 4.75. The van der Waals surface area contributed by atoms with Gasteiger partial charge in [-0.2, -0.15) is 0 Å². The molecule has 0 aliphatic carbocycles. The van der Waals surface area contributed by atoms with E-state index in [1.54, 1.807) is 26.8 Å². The van der Waals surface area contributed by atoms with Gasteiger partial charge in [0, 0.05) is 12.2 Å². The summed E-state index contributed by atoms with van der Waals surface area (Å²) in [6.45, 7) is 6.11. The lowest BCUT2D eigenvalue weighted by atomic mass is 9.92. The standard InChI is InChI=1S/C23H28N2O5/c1-23(2,3)30-22(27)25-11-10-16-13-18(8-9-19(16)20(25)21(26)28-4)29-14-15-6-5-7-17(24)12-15/h5-9,12-13,20H,10-11,14,24H2,1-4H3. The summed E-state index contributed by atoms with van der Waals surface area (Å²) in [5, 5.41) is 0. The topological polar surface area (TPSA) is 91.1 Å². The Morgan fingerprint density at radius 1 is 1.17 bits per heavy atom. The van der Waals surface area contributed by atoms with E-state index in [9.17, 15) is 9.59 Å². The molecule has 7 heteroatoms. The average molecular weight is 412 g/mol. The molecule has 7 nitrogen and oxygen atoms in total. The zero-order chi connectivity index (χ0) is 21.9. The molecule has 2 N–H and O–H groups in total. The summed E-state index contributed by atoms with van der Waals surface area (Å²) in [6.07, 6.45) is 0.0444. The Kier molecular flexibility index (Phi) is 6.20. The maximum Gasteiger partial charge on any atom is 0.411 e. The number of nitrogens with zero attached hydrogens (tertiary/aromatic N) is 1. The van der Waals surface area contributed by atoms with Crippen molar-refractivity contribution in [2.75, 3.05) is 19.4 Å². The van der Waals surface area contributed by atoms with E-state index in [1.165, 1.54) is 12.0 Å². The number of ether oxygens (including phenoxy) is 3. The fourth-order valence-corrected chi connectivity index (χ4v) is 3.43. The van der Waals surface area contributed by atoms with Gasteiger partial charge in [0.25, 0.3) is 0 Å². The zero-order valence-electron chi connectivity index (χ0n) is 17.8. The molecule has 30 heavy (non-hydrogen) atoms. The molecule has 2 aromatic rings. The van der Waals surface area contributed by atoms with Gasteiger partial charge < -0.3 is 19.9 Å². The van der Waals surface area contributed by atoms with Crippen molar-refractivity contribution in [3.8, 4) is 5.75 Å². The Morgan fingerprint density at radius 3 is 2.60 bits per heavy atom. The lowest BCUT2D eigenvalue weighted by molar-refractivity contribution is -0.147. The van der Waals surface area contributed by atoms with Crippen molar-refractivity contribution in [3.05, 3.63) is 59.2 Å². The molecule has 0 spiro atoms. The highest BCUT2D eigenvalue weighted by molar-refractivity contribution is 5.84. The largest absolute Gasteiger partial charge is 0.489 e. The number of hydrogen-bond donors (Lipinski definition) is 1. The van der Waals surface area contributed by atoms with Crippen LogP contribution in [0.25, 0.3) is 0 Å². The van der Waals surface area contributed by atoms with Gasteiger partial charge in [-0.1, -0.05) is 18.2 Å². The minimum Gasteiger partial charge on any atom is -0.489 e. The maximum atomic E-state index is 12.7. The zero-order valence-corrected chi connectivity index (χ0v) is 17.8. The highest BCUT2D eigenvalue weighted by Crippen LogP contribution is 2.34. The smallest absolute Gasteiger partial charge is 0.411 e. The number of carbonyl (C=O) groups is 2. The number of amides is 1. The summed E-state index contributed by atoms with van der Waals surface area (Å²) >= 11 is 0. The molecule has 1 atom stereocenters. The van der Waals surface area contributed by atoms with Crippen LogP contribution < -0.4 is 10.5 Å². The highest BCUT2D eigenvalue weighted by atomic mass is 16.6. The Balaban J connectivity index is 1.81. The summed E-state index contributed by atoms with van der Waals surface area (Å²) in [4.78, 5) is 26.6. The summed E-state index contributed by atoms with van der Waals surface area (Å²) in [5.74, 6) is 0.181. The van der Waals surface area contributed by atoms with Crippen LogP contribution in [0.3, 0.4) is 0 Å². The maximum absolute atomic E-state index is 12.7. The number of fused-ring (bicyclic) bond motifs is 1. The minimum atomic E-state index is -0.850. The van der Waals surface area contributed by atoms with E-state index in [2.05, 4.69) is 0 Å². The first-order valence-corrected chi connectivity index (χ1v) is 9.85. The van der Waals surface area contributed by atoms with Crippen LogP contribution in [0.5, 0.6) is 5.75 Å². The van der Waals surface area contributed by atoms with Crippen LogP contribution in [-0.4, -0.2) is 36.2 Å². The molecular formula is C23H28N2O5. The molecule has 160 valence electrons. The molecule has 1 unspecified atom stereocenters. The second-order valence-corrected chi connectivity index (χ2v) is 8.24. The number of hydrogen-bond acceptors (Lipinski definition) is 6. The predicted octanol–water partition coefficient (Wildman–Crippen LogP) is 3.86. The second kappa shape index (κ2) is 8.65. The van der Waals surface area contributed by atoms with Crippen LogP contribution in [0.15, 0.2) is 42.5 Å². The third kappa shape index (κ3) is 5.03. The van der Waals surface area contributed by atoms with Crippen LogP contribution in [0.1, 0.15) is 43.5 Å². The first-order valence-electron chi connectivity index (χ1n) is 9.85. The van der Waals surface area contributed by atoms with E-state index in [0.29, 0.717) is 31.0 Å². The Morgan fingerprint density at radius 2 is 1.93 bits per heavy atom. The van der Waals surface area contributed by atoms with E-state index in [0.717, 1.165) is 16.7 Å². The number of benzene rings is 2. The molecule has 1 aliphatic heterocycles. The summed E-state index contributed by atoms with van der Waals surface area (Å²) in [7, 11) is 1.31. The monoisotopic (exact) mass is 412 g/mol. The van der Waals surface area contributed by atoms with Crippen molar-refractivity contribution in [1.29, 1.82) is 0 Å². The molecule has 0 aromatic heterocycles. The lowest BCUT2D eigenvalue weighted by Gasteiger charge is -2.36. The molecule has 1 aliphatic rings. The van der Waals surface area contributed by atoms with Gasteiger partial charge in [0.15, 0.2) is 6.04 Å². The van der Waals surface area contributed by atoms with Crippen molar-refractivity contribution in [3.63, 3.8) is 0 Å². The van der Waals surface area contributed by atoms with Gasteiger partial charge in [-0.05, 0) is 68.1 Å². The lowest BCUT2D eigenvalue weighted by Crippen LogP contribution is -2.46. The van der Waals surface area contributed by atoms with Crippen LogP contribution >= 0.6 is 0 Å². The average Bonchev–Trinajstić information content (AvgIpc) is 2.69. The third-order valence-corrected chi connectivity index (χ3v) is 4.75. The minimum absolute atomic E-state index is 0.348. The number of nitrogens with two attached hydrogens (primary N) is 1. The van der Waals surface area contributed by atoms with Gasteiger partial charge in [-0.15, -0.1) is 0 Å². The van der Waals surface area contributed by atoms with Crippen LogP contribution in [0, 0.1) is 0 Å². The molecule has 3 rings (SSSR count). The molecule has 0 saturated carbocycles. The van der Waals surface area contributed by atoms with Crippen molar-refractivity contribution in [1.82, 2.24) is 4.90 Å². The van der Waals surface area contributed by atoms with Crippen LogP contribution in [0.2, 0.25) is 0 Å². The number of anilines is 1. The van der Waals surface area contributed by atoms with Gasteiger partial charge in [0.1, 0.15) is 18.0 Å². The van der Waals surface area contributed by atoms with Crippen molar-refractivity contribution < 1.29 is 23.8 Å². The number of esters is 1. The van der Waals surface area contributed by atoms with Gasteiger partial charge in [-0.3, -0.25) is 4.90 Å². The van der Waals surface area contributed by atoms with E-state index in [4.69, 9.17) is 19.9 Å². The van der Waals surface area contributed by atoms with E-state index >= 15 is 0 Å². The van der Waals surface area contributed by atoms with Gasteiger partial charge in [0.2, 0.25) is 0 Å². The summed E-state index contributed by atoms with van der Waals surface area (Å²) in [6, 6.07) is 12.2. The van der Waals surface area contributed by atoms with E-state index < -0.39 is 23.7 Å². The van der Waals surface area contributed by atoms with Crippen LogP contribution in [0.4, 0.5) is 10.5 Å². The van der Waals surface area contributed by atoms with E-state index in [-0.39, 0.29) is 0 Å². The molecule has 0 fully saturated rings. The second-order valence-electron chi connectivity index (χ2n) is 8.24. The SMILES string of the molecule is COC(=O)C1c2ccc(OCc3cccc(N)c3)cc2CCN1C(=O)OC(C)(C)C. The van der Waals surface area contributed by atoms with Crippen molar-refractivity contribution in [2.45, 2.75) is 45.4 Å². The van der Waals surface area contributed by atoms with E-state index in [1.807, 2.05) is 36.4 Å². The first-order chi connectivity index (χ1) is 14.2. The molecule has 1 amide bonds. The van der Waals surface area contributed by atoms with Gasteiger partial charge in [-0.25, -0.2) is 9.59 Å². The fraction of sp³-hybridized carbons (Fsp3) is 0.391. The number of methoxy groups -OCH3 is 1. The molecule has 0 bridgehead atoms. The first kappa shape index (κ1) is 21.5. The number of rotatable bonds is 4. The molecular weight excluding hydrogens is 384 g/mol. The summed E-state index contributed by atoms with van der Waals surface area (Å²) in [5.41, 5.74) is 8.46. The van der Waals surface area contributed by atoms with Crippen LogP contribution in [-0.2, 0) is 27.3 Å². The van der Waals surface area contributed by atoms with Crippen molar-refractivity contribution in [2.24, 2.45) is 0 Å². The Hall–Kier alpha value is -3.22. The molecule has 1 heterocycles. The Labute approximate surface area is 176 Å². The normalized spacial score (nSPS) is 15.9. The van der Waals surface area contributed by atoms with Crippen molar-refractivity contribution >= 4 is 17.7 Å². The highest BCUT2D eigenvalue weighted by Gasteiger charge is 2.39. The number of carbonyl (C=O) groups excluding carboxylic acids is 2. The summed E-state index contributed by atoms with van der Waals surface area (Å²) < 4.78 is 16.4. The Bertz CT molecular complexity index is 935. The van der Waals surface area contributed by atoms with Gasteiger partial charge >= 0.3 is 12.1 Å². The molecule has 0 radical (unpaired) electrons. The van der Waals surface area contributed by atoms with Gasteiger partial charge in [0.05, 0.1) is 7.11 Å². The predicted molar refractivity (Wildman–Crippen MR) is 113 cm³/mol. The molecule has 0 saturated heterocycles. The quantitative estimate of drug-likeness (QED) is 0.606. The number of nitrogen functional groups attached to an aromatic ring is 1. The fourth-order valence-electron chi connectivity index (χ4n) is 3.43. The molecule has 2 aromatic carbocycles.